The second-order valence-corrected chi connectivity index (χ2v) is 4.16. The molecule has 1 rings (SSSR count). The summed E-state index contributed by atoms with van der Waals surface area (Å²) in [6.07, 6.45) is 2.45. The van der Waals surface area contributed by atoms with Gasteiger partial charge in [-0.25, -0.2) is 0 Å². The summed E-state index contributed by atoms with van der Waals surface area (Å²) >= 11 is 0. The van der Waals surface area contributed by atoms with Crippen LogP contribution in [0.4, 0.5) is 0 Å². The van der Waals surface area contributed by atoms with Crippen molar-refractivity contribution in [1.82, 2.24) is 4.90 Å². The summed E-state index contributed by atoms with van der Waals surface area (Å²) in [7, 11) is 1.65. The highest BCUT2D eigenvalue weighted by Crippen LogP contribution is 2.08. The molecule has 0 saturated carbocycles. The average Bonchev–Trinajstić information content (AvgIpc) is 2.30. The van der Waals surface area contributed by atoms with Crippen LogP contribution in [0.3, 0.4) is 0 Å². The molecule has 0 aromatic rings. The lowest BCUT2D eigenvalue weighted by molar-refractivity contribution is -0.139. The fourth-order valence-electron chi connectivity index (χ4n) is 1.74. The zero-order valence-corrected chi connectivity index (χ0v) is 10.4. The molecule has 17 heavy (non-hydrogen) atoms. The van der Waals surface area contributed by atoms with E-state index in [9.17, 15) is 9.59 Å². The first-order valence-corrected chi connectivity index (χ1v) is 6.10. The SMILES string of the molecule is COCCOCCCCN1CCC(=O)CC1=O. The predicted octanol–water partition coefficient (Wildman–Crippen LogP) is 0.621. The Hall–Kier alpha value is -0.940. The number of ether oxygens (including phenoxy) is 2. The molecule has 0 aromatic heterocycles. The number of ketones is 1. The third-order valence-corrected chi connectivity index (χ3v) is 2.76. The van der Waals surface area contributed by atoms with E-state index in [0.717, 1.165) is 19.4 Å². The molecule has 1 amide bonds. The molecule has 0 unspecified atom stereocenters. The fraction of sp³-hybridized carbons (Fsp3) is 0.833. The highest BCUT2D eigenvalue weighted by atomic mass is 16.5. The Bertz CT molecular complexity index is 255. The van der Waals surface area contributed by atoms with Crippen LogP contribution >= 0.6 is 0 Å². The predicted molar refractivity (Wildman–Crippen MR) is 62.8 cm³/mol. The van der Waals surface area contributed by atoms with Gasteiger partial charge in [-0.3, -0.25) is 9.59 Å². The maximum atomic E-state index is 11.5. The Morgan fingerprint density at radius 1 is 1.18 bits per heavy atom. The maximum absolute atomic E-state index is 11.5. The molecule has 5 heteroatoms. The molecule has 5 nitrogen and oxygen atoms in total. The second-order valence-electron chi connectivity index (χ2n) is 4.16. The molecule has 1 aliphatic heterocycles. The monoisotopic (exact) mass is 243 g/mol. The van der Waals surface area contributed by atoms with E-state index >= 15 is 0 Å². The van der Waals surface area contributed by atoms with E-state index in [-0.39, 0.29) is 18.1 Å². The number of nitrogens with zero attached hydrogens (tertiary/aromatic N) is 1. The number of carbonyl (C=O) groups excluding carboxylic acids is 2. The average molecular weight is 243 g/mol. The van der Waals surface area contributed by atoms with Gasteiger partial charge in [-0.1, -0.05) is 0 Å². The van der Waals surface area contributed by atoms with Gasteiger partial charge in [-0.2, -0.15) is 0 Å². The number of methoxy groups -OCH3 is 1. The number of rotatable bonds is 8. The van der Waals surface area contributed by atoms with Crippen LogP contribution in [0, 0.1) is 0 Å². The van der Waals surface area contributed by atoms with Gasteiger partial charge in [0.15, 0.2) is 0 Å². The Morgan fingerprint density at radius 2 is 2.00 bits per heavy atom. The maximum Gasteiger partial charge on any atom is 0.230 e. The molecule has 0 radical (unpaired) electrons. The van der Waals surface area contributed by atoms with Crippen LogP contribution in [-0.4, -0.2) is 56.6 Å². The topological polar surface area (TPSA) is 55.8 Å². The van der Waals surface area contributed by atoms with Crippen molar-refractivity contribution in [3.63, 3.8) is 0 Å². The van der Waals surface area contributed by atoms with Gasteiger partial charge < -0.3 is 14.4 Å². The van der Waals surface area contributed by atoms with Crippen LogP contribution in [0.2, 0.25) is 0 Å². The Labute approximate surface area is 102 Å². The summed E-state index contributed by atoms with van der Waals surface area (Å²) in [4.78, 5) is 24.3. The quantitative estimate of drug-likeness (QED) is 0.463. The van der Waals surface area contributed by atoms with Crippen LogP contribution in [0.25, 0.3) is 0 Å². The number of unbranched alkanes of at least 4 members (excludes halogenated alkanes) is 1. The number of hydrogen-bond acceptors (Lipinski definition) is 4. The molecular formula is C12H21NO4. The van der Waals surface area contributed by atoms with Gasteiger partial charge in [0.2, 0.25) is 5.91 Å². The van der Waals surface area contributed by atoms with Crippen molar-refractivity contribution < 1.29 is 19.1 Å². The number of amides is 1. The summed E-state index contributed by atoms with van der Waals surface area (Å²) in [5.74, 6) is 0.0377. The van der Waals surface area contributed by atoms with Crippen molar-refractivity contribution in [2.45, 2.75) is 25.7 Å². The lowest BCUT2D eigenvalue weighted by Crippen LogP contribution is -2.39. The van der Waals surface area contributed by atoms with Gasteiger partial charge in [0, 0.05) is 33.2 Å². The third kappa shape index (κ3) is 5.79. The Morgan fingerprint density at radius 3 is 2.71 bits per heavy atom. The van der Waals surface area contributed by atoms with Gasteiger partial charge in [0.05, 0.1) is 19.6 Å². The minimum atomic E-state index is -0.0263. The lowest BCUT2D eigenvalue weighted by atomic mass is 10.1. The van der Waals surface area contributed by atoms with Crippen molar-refractivity contribution >= 4 is 11.7 Å². The van der Waals surface area contributed by atoms with E-state index in [0.29, 0.717) is 32.8 Å². The Balaban J connectivity index is 1.99. The van der Waals surface area contributed by atoms with E-state index in [1.165, 1.54) is 0 Å². The van der Waals surface area contributed by atoms with Crippen molar-refractivity contribution in [2.24, 2.45) is 0 Å². The van der Waals surface area contributed by atoms with Gasteiger partial charge in [0.25, 0.3) is 0 Å². The zero-order valence-electron chi connectivity index (χ0n) is 10.4. The van der Waals surface area contributed by atoms with E-state index in [1.54, 1.807) is 12.0 Å². The summed E-state index contributed by atoms with van der Waals surface area (Å²) in [6, 6.07) is 0. The normalized spacial score (nSPS) is 16.6. The van der Waals surface area contributed by atoms with Crippen molar-refractivity contribution in [1.29, 1.82) is 0 Å². The molecule has 0 N–H and O–H groups in total. The smallest absolute Gasteiger partial charge is 0.230 e. The molecule has 1 heterocycles. The lowest BCUT2D eigenvalue weighted by Gasteiger charge is -2.25. The summed E-state index contributed by atoms with van der Waals surface area (Å²) in [6.45, 7) is 3.26. The summed E-state index contributed by atoms with van der Waals surface area (Å²) in [5.41, 5.74) is 0. The van der Waals surface area contributed by atoms with Crippen molar-refractivity contribution in [3.05, 3.63) is 0 Å². The van der Waals surface area contributed by atoms with Crippen LogP contribution in [-0.2, 0) is 19.1 Å². The molecule has 0 aromatic carbocycles. The first-order chi connectivity index (χ1) is 8.24. The molecular weight excluding hydrogens is 222 g/mol. The van der Waals surface area contributed by atoms with E-state index in [2.05, 4.69) is 0 Å². The van der Waals surface area contributed by atoms with Crippen molar-refractivity contribution in [3.8, 4) is 0 Å². The first kappa shape index (κ1) is 14.1. The number of carbonyl (C=O) groups is 2. The number of piperidine rings is 1. The highest BCUT2D eigenvalue weighted by Gasteiger charge is 2.22. The van der Waals surface area contributed by atoms with Gasteiger partial charge >= 0.3 is 0 Å². The number of Topliss-reactive ketones (excluding diaryl/α,β-unsaturated/α-hetero) is 1. The minimum absolute atomic E-state index is 0.0263. The largest absolute Gasteiger partial charge is 0.382 e. The third-order valence-electron chi connectivity index (χ3n) is 2.76. The molecule has 0 atom stereocenters. The van der Waals surface area contributed by atoms with Gasteiger partial charge in [-0.05, 0) is 12.8 Å². The van der Waals surface area contributed by atoms with Crippen LogP contribution in [0.1, 0.15) is 25.7 Å². The standard InChI is InChI=1S/C12H21NO4/c1-16-8-9-17-7-3-2-5-13-6-4-11(14)10-12(13)15/h2-10H2,1H3. The molecule has 1 fully saturated rings. The number of likely N-dealkylation sites (tertiary alicyclic amines) is 1. The van der Waals surface area contributed by atoms with Crippen molar-refractivity contribution in [2.75, 3.05) is 40.0 Å². The van der Waals surface area contributed by atoms with E-state index < -0.39 is 0 Å². The highest BCUT2D eigenvalue weighted by molar-refractivity contribution is 6.00. The van der Waals surface area contributed by atoms with Crippen LogP contribution in [0.15, 0.2) is 0 Å². The zero-order chi connectivity index (χ0) is 12.5. The number of hydrogen-bond donors (Lipinski definition) is 0. The molecule has 1 aliphatic rings. The van der Waals surface area contributed by atoms with Crippen LogP contribution < -0.4 is 0 Å². The van der Waals surface area contributed by atoms with Gasteiger partial charge in [0.1, 0.15) is 5.78 Å². The molecule has 1 saturated heterocycles. The van der Waals surface area contributed by atoms with Crippen LogP contribution in [0.5, 0.6) is 0 Å². The summed E-state index contributed by atoms with van der Waals surface area (Å²) in [5, 5.41) is 0. The van der Waals surface area contributed by atoms with E-state index in [1.807, 2.05) is 0 Å². The molecule has 98 valence electrons. The molecule has 0 spiro atoms. The molecule has 0 bridgehead atoms. The second kappa shape index (κ2) is 8.20. The minimum Gasteiger partial charge on any atom is -0.382 e. The van der Waals surface area contributed by atoms with E-state index in [4.69, 9.17) is 9.47 Å². The first-order valence-electron chi connectivity index (χ1n) is 6.10. The van der Waals surface area contributed by atoms with Gasteiger partial charge in [-0.15, -0.1) is 0 Å². The molecule has 0 aliphatic carbocycles. The summed E-state index contributed by atoms with van der Waals surface area (Å²) < 4.78 is 10.2. The Kier molecular flexibility index (Phi) is 6.81. The fourth-order valence-corrected chi connectivity index (χ4v) is 1.74.